The number of nitrogen functional groups attached to an aromatic ring is 1. The van der Waals surface area contributed by atoms with Crippen molar-refractivity contribution < 1.29 is 21.6 Å². The molecule has 3 rings (SSSR count). The quantitative estimate of drug-likeness (QED) is 0.705. The number of hydrogen-bond donors (Lipinski definition) is 1. The first-order chi connectivity index (χ1) is 15.6. The number of halogens is 3. The van der Waals surface area contributed by atoms with Gasteiger partial charge in [0.15, 0.2) is 0 Å². The molecule has 33 heavy (non-hydrogen) atoms. The van der Waals surface area contributed by atoms with Gasteiger partial charge in [-0.15, -0.1) is 0 Å². The van der Waals surface area contributed by atoms with Gasteiger partial charge in [0.25, 0.3) is 0 Å². The van der Waals surface area contributed by atoms with Crippen LogP contribution in [-0.4, -0.2) is 43.9 Å². The molecule has 0 saturated carbocycles. The van der Waals surface area contributed by atoms with E-state index in [1.165, 1.54) is 6.07 Å². The largest absolute Gasteiger partial charge is 0.417 e. The van der Waals surface area contributed by atoms with Crippen LogP contribution >= 0.6 is 0 Å². The SMILES string of the molecule is N#CCc1c(C#N)c(N)nc(N2CCN(S(=O)(=O)c3ccccc3C(F)(F)F)CC2)c1C#N. The summed E-state index contributed by atoms with van der Waals surface area (Å²) in [5.41, 5.74) is 4.60. The zero-order valence-corrected chi connectivity index (χ0v) is 17.8. The van der Waals surface area contributed by atoms with Gasteiger partial charge in [-0.2, -0.15) is 33.3 Å². The molecule has 0 aliphatic carbocycles. The summed E-state index contributed by atoms with van der Waals surface area (Å²) in [6.45, 7) is -0.331. The summed E-state index contributed by atoms with van der Waals surface area (Å²) >= 11 is 0. The summed E-state index contributed by atoms with van der Waals surface area (Å²) in [7, 11) is -4.44. The Morgan fingerprint density at radius 3 is 2.18 bits per heavy atom. The monoisotopic (exact) mass is 475 g/mol. The van der Waals surface area contributed by atoms with Crippen LogP contribution < -0.4 is 10.6 Å². The molecule has 0 spiro atoms. The summed E-state index contributed by atoms with van der Waals surface area (Å²) in [4.78, 5) is 4.83. The molecule has 0 unspecified atom stereocenters. The molecule has 1 fully saturated rings. The minimum absolute atomic E-state index is 0.00638. The van der Waals surface area contributed by atoms with E-state index in [1.807, 2.05) is 18.2 Å². The Morgan fingerprint density at radius 2 is 1.64 bits per heavy atom. The van der Waals surface area contributed by atoms with Gasteiger partial charge in [-0.25, -0.2) is 13.4 Å². The van der Waals surface area contributed by atoms with Gasteiger partial charge in [0.05, 0.1) is 28.5 Å². The Balaban J connectivity index is 1.92. The van der Waals surface area contributed by atoms with E-state index in [0.717, 1.165) is 16.4 Å². The number of benzene rings is 1. The second kappa shape index (κ2) is 8.94. The highest BCUT2D eigenvalue weighted by atomic mass is 32.2. The fourth-order valence-electron chi connectivity index (χ4n) is 3.57. The molecule has 0 radical (unpaired) electrons. The fraction of sp³-hybridized carbons (Fsp3) is 0.300. The van der Waals surface area contributed by atoms with Crippen LogP contribution in [0.25, 0.3) is 0 Å². The lowest BCUT2D eigenvalue weighted by Crippen LogP contribution is -2.49. The summed E-state index contributed by atoms with van der Waals surface area (Å²) in [5, 5.41) is 28.0. The number of nitriles is 3. The summed E-state index contributed by atoms with van der Waals surface area (Å²) < 4.78 is 66.8. The Hall–Kier alpha value is -3.86. The molecule has 2 aromatic rings. The first-order valence-electron chi connectivity index (χ1n) is 9.47. The number of pyridine rings is 1. The first kappa shape index (κ1) is 23.8. The number of sulfonamides is 1. The highest BCUT2D eigenvalue weighted by molar-refractivity contribution is 7.89. The molecular formula is C20H16F3N7O2S. The third-order valence-electron chi connectivity index (χ3n) is 5.14. The number of rotatable bonds is 4. The molecule has 9 nitrogen and oxygen atoms in total. The van der Waals surface area contributed by atoms with Gasteiger partial charge in [0.1, 0.15) is 29.3 Å². The molecule has 1 aromatic heterocycles. The van der Waals surface area contributed by atoms with Crippen molar-refractivity contribution in [1.82, 2.24) is 9.29 Å². The van der Waals surface area contributed by atoms with Crippen molar-refractivity contribution in [3.8, 4) is 18.2 Å². The van der Waals surface area contributed by atoms with Crippen LogP contribution in [0.3, 0.4) is 0 Å². The normalized spacial score (nSPS) is 14.8. The van der Waals surface area contributed by atoms with Crippen molar-refractivity contribution in [2.45, 2.75) is 17.5 Å². The zero-order valence-electron chi connectivity index (χ0n) is 17.0. The van der Waals surface area contributed by atoms with E-state index in [-0.39, 0.29) is 60.9 Å². The molecule has 2 heterocycles. The zero-order chi connectivity index (χ0) is 24.4. The van der Waals surface area contributed by atoms with Gasteiger partial charge in [-0.05, 0) is 12.1 Å². The Morgan fingerprint density at radius 1 is 1.03 bits per heavy atom. The van der Waals surface area contributed by atoms with E-state index < -0.39 is 26.7 Å². The Labute approximate surface area is 187 Å². The smallest absolute Gasteiger partial charge is 0.383 e. The highest BCUT2D eigenvalue weighted by Crippen LogP contribution is 2.36. The molecule has 170 valence electrons. The Bertz CT molecular complexity index is 1310. The topological polar surface area (TPSA) is 151 Å². The van der Waals surface area contributed by atoms with Gasteiger partial charge in [-0.3, -0.25) is 0 Å². The van der Waals surface area contributed by atoms with E-state index in [4.69, 9.17) is 11.0 Å². The summed E-state index contributed by atoms with van der Waals surface area (Å²) in [6, 6.07) is 9.58. The molecule has 0 bridgehead atoms. The second-order valence-corrected chi connectivity index (χ2v) is 8.90. The van der Waals surface area contributed by atoms with Crippen molar-refractivity contribution in [2.24, 2.45) is 0 Å². The molecule has 1 aliphatic heterocycles. The van der Waals surface area contributed by atoms with Crippen LogP contribution in [0.1, 0.15) is 22.3 Å². The maximum Gasteiger partial charge on any atom is 0.417 e. The van der Waals surface area contributed by atoms with Gasteiger partial charge in [0, 0.05) is 31.7 Å². The summed E-state index contributed by atoms with van der Waals surface area (Å²) in [6.07, 6.45) is -5.09. The highest BCUT2D eigenvalue weighted by Gasteiger charge is 2.39. The molecule has 0 amide bonds. The van der Waals surface area contributed by atoms with Crippen LogP contribution in [-0.2, 0) is 22.6 Å². The number of nitrogens with zero attached hydrogens (tertiary/aromatic N) is 6. The van der Waals surface area contributed by atoms with E-state index in [2.05, 4.69) is 4.98 Å². The van der Waals surface area contributed by atoms with Crippen molar-refractivity contribution in [1.29, 1.82) is 15.8 Å². The number of hydrogen-bond acceptors (Lipinski definition) is 8. The van der Waals surface area contributed by atoms with E-state index >= 15 is 0 Å². The number of aromatic nitrogens is 1. The number of nitrogens with two attached hydrogens (primary N) is 1. The minimum atomic E-state index is -4.84. The predicted molar refractivity (Wildman–Crippen MR) is 110 cm³/mol. The molecule has 1 aromatic carbocycles. The molecule has 1 saturated heterocycles. The number of alkyl halides is 3. The minimum Gasteiger partial charge on any atom is -0.383 e. The van der Waals surface area contributed by atoms with Gasteiger partial charge >= 0.3 is 6.18 Å². The Kier molecular flexibility index (Phi) is 6.45. The maximum atomic E-state index is 13.3. The third kappa shape index (κ3) is 4.40. The average molecular weight is 475 g/mol. The molecule has 2 N–H and O–H groups in total. The van der Waals surface area contributed by atoms with Crippen LogP contribution in [0.15, 0.2) is 29.2 Å². The van der Waals surface area contributed by atoms with E-state index in [0.29, 0.717) is 6.07 Å². The second-order valence-electron chi connectivity index (χ2n) is 6.99. The van der Waals surface area contributed by atoms with Gasteiger partial charge in [0.2, 0.25) is 10.0 Å². The van der Waals surface area contributed by atoms with Gasteiger partial charge < -0.3 is 10.6 Å². The first-order valence-corrected chi connectivity index (χ1v) is 10.9. The van der Waals surface area contributed by atoms with Gasteiger partial charge in [-0.1, -0.05) is 12.1 Å². The van der Waals surface area contributed by atoms with Crippen molar-refractivity contribution >= 4 is 21.7 Å². The van der Waals surface area contributed by atoms with Crippen LogP contribution in [0.2, 0.25) is 0 Å². The lowest BCUT2D eigenvalue weighted by molar-refractivity contribution is -0.139. The van der Waals surface area contributed by atoms with E-state index in [9.17, 15) is 32.1 Å². The maximum absolute atomic E-state index is 13.3. The number of piperazine rings is 1. The van der Waals surface area contributed by atoms with Crippen molar-refractivity contribution in [2.75, 3.05) is 36.8 Å². The summed E-state index contributed by atoms with van der Waals surface area (Å²) in [5.74, 6) is -0.0853. The lowest BCUT2D eigenvalue weighted by atomic mass is 10.0. The predicted octanol–water partition coefficient (Wildman–Crippen LogP) is 2.00. The third-order valence-corrected chi connectivity index (χ3v) is 7.09. The number of anilines is 2. The van der Waals surface area contributed by atoms with Crippen molar-refractivity contribution in [3.05, 3.63) is 46.5 Å². The molecule has 0 atom stereocenters. The fourth-order valence-corrected chi connectivity index (χ4v) is 5.21. The molecular weight excluding hydrogens is 459 g/mol. The lowest BCUT2D eigenvalue weighted by Gasteiger charge is -2.35. The molecule has 13 heteroatoms. The van der Waals surface area contributed by atoms with E-state index in [1.54, 1.807) is 4.90 Å². The van der Waals surface area contributed by atoms with Crippen LogP contribution in [0, 0.1) is 34.0 Å². The standard InChI is InChI=1S/C20H16F3N7O2S/c21-20(22,23)16-3-1-2-4-17(16)33(31,32)30-9-7-29(8-10-30)19-15(12-26)13(5-6-24)14(11-25)18(27)28-19/h1-4H,5,7-10H2,(H2,27,28). The van der Waals surface area contributed by atoms with Crippen LogP contribution in [0.5, 0.6) is 0 Å². The average Bonchev–Trinajstić information content (AvgIpc) is 2.78. The van der Waals surface area contributed by atoms with Crippen molar-refractivity contribution in [3.63, 3.8) is 0 Å². The molecule has 1 aliphatic rings. The van der Waals surface area contributed by atoms with Crippen LogP contribution in [0.4, 0.5) is 24.8 Å².